The Kier molecular flexibility index (Phi) is 5.77. The van der Waals surface area contributed by atoms with E-state index in [1.165, 1.54) is 23.5 Å². The fourth-order valence-electron chi connectivity index (χ4n) is 2.81. The number of hydrogen-bond donors (Lipinski definition) is 2. The first-order valence-corrected chi connectivity index (χ1v) is 8.91. The summed E-state index contributed by atoms with van der Waals surface area (Å²) in [6.45, 7) is 1.83. The molecule has 0 saturated carbocycles. The van der Waals surface area contributed by atoms with Crippen LogP contribution in [-0.2, 0) is 6.54 Å². The number of fused-ring (bicyclic) bond motifs is 1. The number of rotatable bonds is 5. The summed E-state index contributed by atoms with van der Waals surface area (Å²) in [4.78, 5) is 28.6. The number of alkyl halides is 3. The van der Waals surface area contributed by atoms with Gasteiger partial charge in [-0.05, 0) is 37.6 Å². The highest BCUT2D eigenvalue weighted by molar-refractivity contribution is 5.95. The lowest BCUT2D eigenvalue weighted by Gasteiger charge is -2.14. The molecule has 3 rings (SSSR count). The Balaban J connectivity index is 1.82. The summed E-state index contributed by atoms with van der Waals surface area (Å²) < 4.78 is 52.5. The summed E-state index contributed by atoms with van der Waals surface area (Å²) >= 11 is 0. The summed E-state index contributed by atoms with van der Waals surface area (Å²) in [6, 6.07) is 6.94. The predicted molar refractivity (Wildman–Crippen MR) is 103 cm³/mol. The molecule has 2 N–H and O–H groups in total. The van der Waals surface area contributed by atoms with Gasteiger partial charge in [0.25, 0.3) is 11.5 Å². The van der Waals surface area contributed by atoms with E-state index in [1.54, 1.807) is 17.6 Å². The zero-order valence-corrected chi connectivity index (χ0v) is 16.1. The molecule has 0 radical (unpaired) electrons. The first-order valence-electron chi connectivity index (χ1n) is 8.91. The highest BCUT2D eigenvalue weighted by Crippen LogP contribution is 2.22. The van der Waals surface area contributed by atoms with E-state index >= 15 is 0 Å². The van der Waals surface area contributed by atoms with Crippen LogP contribution in [0.3, 0.4) is 0 Å². The molecule has 1 aromatic carbocycles. The molecule has 0 aliphatic heterocycles. The van der Waals surface area contributed by atoms with E-state index < -0.39 is 24.4 Å². The van der Waals surface area contributed by atoms with Crippen molar-refractivity contribution in [1.82, 2.24) is 14.7 Å². The summed E-state index contributed by atoms with van der Waals surface area (Å²) in [6.07, 6.45) is -2.92. The SMILES string of the molecule is Cc1ccc2nc(CNc3cc(C(=O)NCC(F)(F)F)cc(F)c3C)cc(=O)n2c1. The van der Waals surface area contributed by atoms with Crippen LogP contribution >= 0.6 is 0 Å². The second kappa shape index (κ2) is 8.13. The second-order valence-corrected chi connectivity index (χ2v) is 6.80. The normalized spacial score (nSPS) is 11.5. The van der Waals surface area contributed by atoms with Crippen molar-refractivity contribution in [3.05, 3.63) is 75.1 Å². The van der Waals surface area contributed by atoms with Gasteiger partial charge in [-0.25, -0.2) is 9.37 Å². The maximum Gasteiger partial charge on any atom is 0.405 e. The monoisotopic (exact) mass is 422 g/mol. The Morgan fingerprint density at radius 3 is 2.60 bits per heavy atom. The molecule has 0 aliphatic carbocycles. The number of carbonyl (C=O) groups is 1. The molecule has 158 valence electrons. The van der Waals surface area contributed by atoms with Crippen LogP contribution in [0.25, 0.3) is 5.65 Å². The molecular weight excluding hydrogens is 404 g/mol. The zero-order valence-electron chi connectivity index (χ0n) is 16.1. The maximum absolute atomic E-state index is 14.2. The van der Waals surface area contributed by atoms with Gasteiger partial charge in [0, 0.05) is 29.1 Å². The van der Waals surface area contributed by atoms with E-state index in [4.69, 9.17) is 0 Å². The number of carbonyl (C=O) groups excluding carboxylic acids is 1. The van der Waals surface area contributed by atoms with E-state index in [0.29, 0.717) is 11.3 Å². The molecule has 2 aromatic heterocycles. The lowest BCUT2D eigenvalue weighted by atomic mass is 10.1. The quantitative estimate of drug-likeness (QED) is 0.619. The van der Waals surface area contributed by atoms with Gasteiger partial charge in [0.2, 0.25) is 0 Å². The number of hydrogen-bond acceptors (Lipinski definition) is 4. The van der Waals surface area contributed by atoms with Gasteiger partial charge in [0.05, 0.1) is 12.2 Å². The molecule has 30 heavy (non-hydrogen) atoms. The summed E-state index contributed by atoms with van der Waals surface area (Å²) in [5, 5.41) is 4.59. The smallest absolute Gasteiger partial charge is 0.379 e. The van der Waals surface area contributed by atoms with Gasteiger partial charge < -0.3 is 10.6 Å². The van der Waals surface area contributed by atoms with Crippen LogP contribution in [0.1, 0.15) is 27.2 Å². The topological polar surface area (TPSA) is 75.5 Å². The number of pyridine rings is 1. The van der Waals surface area contributed by atoms with Crippen molar-refractivity contribution < 1.29 is 22.4 Å². The number of benzene rings is 1. The van der Waals surface area contributed by atoms with Crippen molar-refractivity contribution in [2.75, 3.05) is 11.9 Å². The number of anilines is 1. The fraction of sp³-hybridized carbons (Fsp3) is 0.250. The highest BCUT2D eigenvalue weighted by atomic mass is 19.4. The number of nitrogens with one attached hydrogen (secondary N) is 2. The molecule has 0 aliphatic rings. The molecule has 0 fully saturated rings. The van der Waals surface area contributed by atoms with E-state index in [1.807, 2.05) is 13.0 Å². The van der Waals surface area contributed by atoms with Gasteiger partial charge in [-0.2, -0.15) is 13.2 Å². The Hall–Kier alpha value is -3.43. The van der Waals surface area contributed by atoms with Crippen molar-refractivity contribution in [1.29, 1.82) is 0 Å². The molecule has 10 heteroatoms. The van der Waals surface area contributed by atoms with Gasteiger partial charge in [0.1, 0.15) is 18.0 Å². The van der Waals surface area contributed by atoms with Crippen LogP contribution in [0.4, 0.5) is 23.2 Å². The second-order valence-electron chi connectivity index (χ2n) is 6.80. The Morgan fingerprint density at radius 2 is 1.90 bits per heavy atom. The molecule has 0 unspecified atom stereocenters. The van der Waals surface area contributed by atoms with Crippen molar-refractivity contribution >= 4 is 17.2 Å². The molecule has 0 bridgehead atoms. The van der Waals surface area contributed by atoms with Crippen LogP contribution in [0.2, 0.25) is 0 Å². The van der Waals surface area contributed by atoms with Crippen molar-refractivity contribution in [2.24, 2.45) is 0 Å². The van der Waals surface area contributed by atoms with Crippen LogP contribution in [0.15, 0.2) is 41.3 Å². The zero-order chi connectivity index (χ0) is 22.1. The Labute approximate surface area is 168 Å². The summed E-state index contributed by atoms with van der Waals surface area (Å²) in [5.41, 5.74) is 1.55. The summed E-state index contributed by atoms with van der Waals surface area (Å²) in [7, 11) is 0. The van der Waals surface area contributed by atoms with E-state index in [2.05, 4.69) is 10.3 Å². The van der Waals surface area contributed by atoms with Crippen molar-refractivity contribution in [2.45, 2.75) is 26.6 Å². The minimum atomic E-state index is -4.58. The highest BCUT2D eigenvalue weighted by Gasteiger charge is 2.28. The minimum absolute atomic E-state index is 0.0491. The van der Waals surface area contributed by atoms with Crippen LogP contribution in [0.5, 0.6) is 0 Å². The largest absolute Gasteiger partial charge is 0.405 e. The van der Waals surface area contributed by atoms with Crippen molar-refractivity contribution in [3.8, 4) is 0 Å². The van der Waals surface area contributed by atoms with Gasteiger partial charge in [-0.15, -0.1) is 0 Å². The predicted octanol–water partition coefficient (Wildman–Crippen LogP) is 3.35. The molecule has 6 nitrogen and oxygen atoms in total. The molecule has 0 saturated heterocycles. The first kappa shape index (κ1) is 21.3. The molecular formula is C20H18F4N4O2. The van der Waals surface area contributed by atoms with Crippen molar-refractivity contribution in [3.63, 3.8) is 0 Å². The van der Waals surface area contributed by atoms with Gasteiger partial charge >= 0.3 is 6.18 Å². The third kappa shape index (κ3) is 4.94. The minimum Gasteiger partial charge on any atom is -0.379 e. The third-order valence-electron chi connectivity index (χ3n) is 4.38. The van der Waals surface area contributed by atoms with Crippen LogP contribution < -0.4 is 16.2 Å². The number of halogens is 4. The Bertz CT molecular complexity index is 1170. The number of amides is 1. The molecule has 0 atom stereocenters. The average molecular weight is 422 g/mol. The van der Waals surface area contributed by atoms with E-state index in [9.17, 15) is 27.2 Å². The standard InChI is InChI=1S/C20H18F4N4O2/c1-11-3-4-17-27-14(7-18(29)28(17)9-11)8-25-16-6-13(5-15(21)12(16)2)19(30)26-10-20(22,23)24/h3-7,9,25H,8,10H2,1-2H3,(H,26,30). The first-order chi connectivity index (χ1) is 14.0. The number of aryl methyl sites for hydroxylation is 1. The molecule has 1 amide bonds. The lowest BCUT2D eigenvalue weighted by Crippen LogP contribution is -2.33. The van der Waals surface area contributed by atoms with Gasteiger partial charge in [0.15, 0.2) is 0 Å². The van der Waals surface area contributed by atoms with Gasteiger partial charge in [-0.3, -0.25) is 14.0 Å². The van der Waals surface area contributed by atoms with Crippen LogP contribution in [0, 0.1) is 19.7 Å². The third-order valence-corrected chi connectivity index (χ3v) is 4.38. The number of aromatic nitrogens is 2. The summed E-state index contributed by atoms with van der Waals surface area (Å²) in [5.74, 6) is -1.80. The number of nitrogens with zero attached hydrogens (tertiary/aromatic N) is 2. The van der Waals surface area contributed by atoms with Gasteiger partial charge in [-0.1, -0.05) is 6.07 Å². The molecule has 2 heterocycles. The molecule has 3 aromatic rings. The Morgan fingerprint density at radius 1 is 1.17 bits per heavy atom. The lowest BCUT2D eigenvalue weighted by molar-refractivity contribution is -0.123. The fourth-order valence-corrected chi connectivity index (χ4v) is 2.81. The maximum atomic E-state index is 14.2. The molecule has 0 spiro atoms. The van der Waals surface area contributed by atoms with E-state index in [0.717, 1.165) is 11.6 Å². The van der Waals surface area contributed by atoms with E-state index in [-0.39, 0.29) is 28.9 Å². The van der Waals surface area contributed by atoms with Crippen LogP contribution in [-0.4, -0.2) is 28.0 Å². The average Bonchev–Trinajstić information content (AvgIpc) is 2.67.